The van der Waals surface area contributed by atoms with Crippen LogP contribution in [0.3, 0.4) is 0 Å². The van der Waals surface area contributed by atoms with Gasteiger partial charge in [-0.1, -0.05) is 18.2 Å². The molecule has 1 aromatic heterocycles. The van der Waals surface area contributed by atoms with Gasteiger partial charge in [0.1, 0.15) is 11.3 Å². The molecule has 1 heterocycles. The first kappa shape index (κ1) is 12.6. The van der Waals surface area contributed by atoms with Crippen molar-refractivity contribution in [3.05, 3.63) is 35.6 Å². The van der Waals surface area contributed by atoms with Crippen molar-refractivity contribution in [1.29, 1.82) is 0 Å². The highest BCUT2D eigenvalue weighted by Crippen LogP contribution is 2.24. The van der Waals surface area contributed by atoms with Gasteiger partial charge in [-0.05, 0) is 26.0 Å². The minimum Gasteiger partial charge on any atom is -0.481 e. The highest BCUT2D eigenvalue weighted by atomic mass is 16.4. The van der Waals surface area contributed by atoms with Crippen molar-refractivity contribution in [3.63, 3.8) is 0 Å². The predicted molar refractivity (Wildman–Crippen MR) is 69.5 cm³/mol. The highest BCUT2D eigenvalue weighted by Gasteiger charge is 2.09. The fraction of sp³-hybridized carbons (Fsp3) is 0.357. The second-order valence-electron chi connectivity index (χ2n) is 4.31. The van der Waals surface area contributed by atoms with E-state index in [4.69, 9.17) is 9.52 Å². The van der Waals surface area contributed by atoms with Crippen LogP contribution in [0.5, 0.6) is 0 Å². The average Bonchev–Trinajstić information content (AvgIpc) is 2.65. The largest absolute Gasteiger partial charge is 0.481 e. The Bertz CT molecular complexity index is 545. The van der Waals surface area contributed by atoms with Crippen LogP contribution in [-0.2, 0) is 11.3 Å². The second-order valence-corrected chi connectivity index (χ2v) is 4.31. The molecule has 0 fully saturated rings. The molecule has 18 heavy (non-hydrogen) atoms. The zero-order valence-corrected chi connectivity index (χ0v) is 10.4. The summed E-state index contributed by atoms with van der Waals surface area (Å²) in [5.74, 6) is 0.170. The van der Waals surface area contributed by atoms with Crippen LogP contribution in [0.2, 0.25) is 0 Å². The normalized spacial score (nSPS) is 10.9. The van der Waals surface area contributed by atoms with Gasteiger partial charge in [0, 0.05) is 23.9 Å². The third-order valence-electron chi connectivity index (χ3n) is 2.95. The number of para-hydroxylation sites is 1. The van der Waals surface area contributed by atoms with Crippen molar-refractivity contribution in [2.45, 2.75) is 26.3 Å². The van der Waals surface area contributed by atoms with E-state index in [1.165, 1.54) is 0 Å². The van der Waals surface area contributed by atoms with Gasteiger partial charge in [-0.3, -0.25) is 4.79 Å². The van der Waals surface area contributed by atoms with Crippen molar-refractivity contribution < 1.29 is 14.3 Å². The molecule has 4 heteroatoms. The summed E-state index contributed by atoms with van der Waals surface area (Å²) >= 11 is 0. The quantitative estimate of drug-likeness (QED) is 0.770. The average molecular weight is 247 g/mol. The summed E-state index contributed by atoms with van der Waals surface area (Å²) in [6, 6.07) is 7.94. The lowest BCUT2D eigenvalue weighted by Gasteiger charge is -2.03. The standard InChI is InChI=1S/C14H17NO3/c1-10-12(9-15-8-4-7-14(16)17)11-5-2-3-6-13(11)18-10/h2-3,5-6,15H,4,7-9H2,1H3,(H,16,17). The van der Waals surface area contributed by atoms with Crippen LogP contribution >= 0.6 is 0 Å². The molecule has 0 unspecified atom stereocenters. The Balaban J connectivity index is 1.95. The van der Waals surface area contributed by atoms with Crippen LogP contribution in [0, 0.1) is 6.92 Å². The van der Waals surface area contributed by atoms with Gasteiger partial charge in [-0.2, -0.15) is 0 Å². The van der Waals surface area contributed by atoms with Crippen molar-refractivity contribution in [2.24, 2.45) is 0 Å². The van der Waals surface area contributed by atoms with Crippen molar-refractivity contribution in [3.8, 4) is 0 Å². The number of hydrogen-bond acceptors (Lipinski definition) is 3. The van der Waals surface area contributed by atoms with Gasteiger partial charge in [-0.15, -0.1) is 0 Å². The van der Waals surface area contributed by atoms with E-state index >= 15 is 0 Å². The van der Waals surface area contributed by atoms with Crippen LogP contribution in [0.1, 0.15) is 24.2 Å². The summed E-state index contributed by atoms with van der Waals surface area (Å²) in [6.07, 6.45) is 0.849. The molecular formula is C14H17NO3. The van der Waals surface area contributed by atoms with Crippen molar-refractivity contribution >= 4 is 16.9 Å². The molecule has 2 aromatic rings. The number of furan rings is 1. The lowest BCUT2D eigenvalue weighted by atomic mass is 10.1. The smallest absolute Gasteiger partial charge is 0.303 e. The number of carboxylic acid groups (broad SMARTS) is 1. The van der Waals surface area contributed by atoms with E-state index in [0.29, 0.717) is 19.5 Å². The van der Waals surface area contributed by atoms with Gasteiger partial charge in [0.05, 0.1) is 0 Å². The Hall–Kier alpha value is -1.81. The van der Waals surface area contributed by atoms with E-state index in [1.54, 1.807) is 0 Å². The number of aryl methyl sites for hydroxylation is 1. The van der Waals surface area contributed by atoms with Gasteiger partial charge in [0.15, 0.2) is 0 Å². The molecule has 1 aromatic carbocycles. The Labute approximate surface area is 106 Å². The molecule has 0 saturated carbocycles. The number of aliphatic carboxylic acids is 1. The van der Waals surface area contributed by atoms with Crippen LogP contribution in [0.25, 0.3) is 11.0 Å². The number of hydrogen-bond donors (Lipinski definition) is 2. The third-order valence-corrected chi connectivity index (χ3v) is 2.95. The molecule has 0 spiro atoms. The number of rotatable bonds is 6. The van der Waals surface area contributed by atoms with Gasteiger partial charge < -0.3 is 14.8 Å². The fourth-order valence-corrected chi connectivity index (χ4v) is 2.02. The van der Waals surface area contributed by atoms with E-state index in [1.807, 2.05) is 31.2 Å². The Morgan fingerprint density at radius 1 is 1.39 bits per heavy atom. The Kier molecular flexibility index (Phi) is 3.99. The number of nitrogens with one attached hydrogen (secondary N) is 1. The van der Waals surface area contributed by atoms with E-state index in [2.05, 4.69) is 5.32 Å². The monoisotopic (exact) mass is 247 g/mol. The van der Waals surface area contributed by atoms with Crippen LogP contribution < -0.4 is 5.32 Å². The number of benzene rings is 1. The zero-order chi connectivity index (χ0) is 13.0. The molecular weight excluding hydrogens is 230 g/mol. The van der Waals surface area contributed by atoms with Crippen molar-refractivity contribution in [1.82, 2.24) is 5.32 Å². The SMILES string of the molecule is Cc1oc2ccccc2c1CNCCCC(=O)O. The van der Waals surface area contributed by atoms with Gasteiger partial charge >= 0.3 is 5.97 Å². The van der Waals surface area contributed by atoms with Crippen molar-refractivity contribution in [2.75, 3.05) is 6.54 Å². The number of carboxylic acids is 1. The lowest BCUT2D eigenvalue weighted by molar-refractivity contribution is -0.137. The van der Waals surface area contributed by atoms with Crippen LogP contribution in [0.15, 0.2) is 28.7 Å². The molecule has 2 rings (SSSR count). The molecule has 0 aliphatic carbocycles. The maximum absolute atomic E-state index is 10.4. The second kappa shape index (κ2) is 5.69. The summed E-state index contributed by atoms with van der Waals surface area (Å²) in [6.45, 7) is 3.36. The first-order valence-electron chi connectivity index (χ1n) is 6.08. The predicted octanol–water partition coefficient (Wildman–Crippen LogP) is 2.70. The lowest BCUT2D eigenvalue weighted by Crippen LogP contribution is -2.16. The molecule has 0 saturated heterocycles. The first-order valence-corrected chi connectivity index (χ1v) is 6.08. The van der Waals surface area contributed by atoms with Gasteiger partial charge in [0.25, 0.3) is 0 Å². The van der Waals surface area contributed by atoms with Crippen LogP contribution in [0.4, 0.5) is 0 Å². The summed E-state index contributed by atoms with van der Waals surface area (Å²) in [4.78, 5) is 10.4. The molecule has 0 radical (unpaired) electrons. The summed E-state index contributed by atoms with van der Waals surface area (Å²) in [5, 5.41) is 12.9. The summed E-state index contributed by atoms with van der Waals surface area (Å²) in [7, 11) is 0. The van der Waals surface area contributed by atoms with Gasteiger partial charge in [-0.25, -0.2) is 0 Å². The molecule has 0 atom stereocenters. The molecule has 0 aliphatic rings. The molecule has 4 nitrogen and oxygen atoms in total. The van der Waals surface area contributed by atoms with E-state index < -0.39 is 5.97 Å². The van der Waals surface area contributed by atoms with E-state index in [0.717, 1.165) is 22.3 Å². The minimum absolute atomic E-state index is 0.206. The maximum atomic E-state index is 10.4. The zero-order valence-electron chi connectivity index (χ0n) is 10.4. The van der Waals surface area contributed by atoms with E-state index in [-0.39, 0.29) is 6.42 Å². The Morgan fingerprint density at radius 3 is 2.94 bits per heavy atom. The fourth-order valence-electron chi connectivity index (χ4n) is 2.02. The molecule has 0 bridgehead atoms. The minimum atomic E-state index is -0.748. The van der Waals surface area contributed by atoms with E-state index in [9.17, 15) is 4.79 Å². The van der Waals surface area contributed by atoms with Gasteiger partial charge in [0.2, 0.25) is 0 Å². The molecule has 0 aliphatic heterocycles. The first-order chi connectivity index (χ1) is 8.68. The molecule has 0 amide bonds. The third kappa shape index (κ3) is 2.90. The summed E-state index contributed by atoms with van der Waals surface area (Å²) < 4.78 is 5.66. The Morgan fingerprint density at radius 2 is 2.17 bits per heavy atom. The molecule has 2 N–H and O–H groups in total. The number of fused-ring (bicyclic) bond motifs is 1. The highest BCUT2D eigenvalue weighted by molar-refractivity contribution is 5.82. The topological polar surface area (TPSA) is 62.5 Å². The maximum Gasteiger partial charge on any atom is 0.303 e. The molecule has 96 valence electrons. The summed E-state index contributed by atoms with van der Waals surface area (Å²) in [5.41, 5.74) is 2.05. The van der Waals surface area contributed by atoms with Crippen LogP contribution in [-0.4, -0.2) is 17.6 Å². The number of carbonyl (C=O) groups is 1.